The molecule has 1 fully saturated rings. The number of H-pyrrole nitrogens is 3. The van der Waals surface area contributed by atoms with Crippen molar-refractivity contribution in [2.24, 2.45) is 17.8 Å². The van der Waals surface area contributed by atoms with E-state index >= 15 is 0 Å². The Bertz CT molecular complexity index is 1880. The minimum atomic E-state index is -1.22. The van der Waals surface area contributed by atoms with Gasteiger partial charge in [-0.1, -0.05) is 27.2 Å². The first-order chi connectivity index (χ1) is 19.1. The fourth-order valence-electron chi connectivity index (χ4n) is 7.13. The third-order valence-corrected chi connectivity index (χ3v) is 9.54. The third-order valence-electron chi connectivity index (χ3n) is 9.54. The normalized spacial score (nSPS) is 26.6. The van der Waals surface area contributed by atoms with Crippen molar-refractivity contribution in [2.45, 2.75) is 60.4 Å². The van der Waals surface area contributed by atoms with Gasteiger partial charge in [0.1, 0.15) is 5.92 Å². The number of allylic oxidation sites excluding steroid dienone is 1. The number of carboxylic acids is 1. The summed E-state index contributed by atoms with van der Waals surface area (Å²) in [6.45, 7) is 12.4. The summed E-state index contributed by atoms with van der Waals surface area (Å²) >= 11 is 0. The summed E-state index contributed by atoms with van der Waals surface area (Å²) < 4.78 is 0. The van der Waals surface area contributed by atoms with E-state index in [0.29, 0.717) is 22.9 Å². The van der Waals surface area contributed by atoms with Crippen molar-refractivity contribution in [2.75, 3.05) is 0 Å². The molecule has 0 saturated carbocycles. The molecular weight excluding hydrogens is 504 g/mol. The SMILES string of the molecule is CCc1c2[nH]c(/c1=C\O)=C\c1[nH]c(c(C)c1C)/C=C1\NC(C3=c4[nH]/c(c(C)c4C(=O)[C@@H]3C(=O)O)=C\2)[C@@H](CC)[C@@H]1C. The van der Waals surface area contributed by atoms with Crippen LogP contribution in [0.4, 0.5) is 0 Å². The summed E-state index contributed by atoms with van der Waals surface area (Å²) in [5.41, 5.74) is 8.78. The number of hydrogen-bond donors (Lipinski definition) is 6. The summed E-state index contributed by atoms with van der Waals surface area (Å²) in [6, 6.07) is -0.294. The van der Waals surface area contributed by atoms with E-state index in [-0.39, 0.29) is 23.7 Å². The Morgan fingerprint density at radius 1 is 0.950 bits per heavy atom. The van der Waals surface area contributed by atoms with Crippen LogP contribution >= 0.6 is 0 Å². The zero-order chi connectivity index (χ0) is 28.6. The molecule has 1 aliphatic carbocycles. The van der Waals surface area contributed by atoms with Crippen LogP contribution in [-0.2, 0) is 11.2 Å². The number of aromatic nitrogens is 3. The van der Waals surface area contributed by atoms with Crippen LogP contribution in [0.5, 0.6) is 0 Å². The van der Waals surface area contributed by atoms with Gasteiger partial charge >= 0.3 is 5.97 Å². The highest BCUT2D eigenvalue weighted by molar-refractivity contribution is 6.19. The van der Waals surface area contributed by atoms with Gasteiger partial charge in [-0.3, -0.25) is 9.59 Å². The summed E-state index contributed by atoms with van der Waals surface area (Å²) in [6.07, 6.45) is 8.79. The molecule has 6 N–H and O–H groups in total. The Labute approximate surface area is 231 Å². The predicted octanol–water partition coefficient (Wildman–Crippen LogP) is 2.15. The summed E-state index contributed by atoms with van der Waals surface area (Å²) in [4.78, 5) is 36.8. The molecule has 8 nitrogen and oxygen atoms in total. The number of carboxylic acid groups (broad SMARTS) is 1. The molecule has 3 aromatic rings. The number of aliphatic hydroxyl groups excluding tert-OH is 1. The van der Waals surface area contributed by atoms with Crippen molar-refractivity contribution < 1.29 is 19.8 Å². The zero-order valence-corrected chi connectivity index (χ0v) is 23.7. The first-order valence-electron chi connectivity index (χ1n) is 14.1. The highest BCUT2D eigenvalue weighted by atomic mass is 16.4. The van der Waals surface area contributed by atoms with Crippen LogP contribution < -0.4 is 26.6 Å². The lowest BCUT2D eigenvalue weighted by molar-refractivity contribution is -0.138. The molecule has 0 aromatic carbocycles. The number of nitrogens with one attached hydrogen (secondary N) is 4. The monoisotopic (exact) mass is 540 g/mol. The minimum Gasteiger partial charge on any atom is -0.515 e. The molecule has 4 atom stereocenters. The Morgan fingerprint density at radius 3 is 2.25 bits per heavy atom. The average molecular weight is 541 g/mol. The quantitative estimate of drug-likeness (QED) is 0.283. The minimum absolute atomic E-state index is 0.121. The second-order valence-corrected chi connectivity index (χ2v) is 11.4. The number of carbonyl (C=O) groups excluding carboxylic acids is 1. The molecule has 1 unspecified atom stereocenters. The van der Waals surface area contributed by atoms with Crippen molar-refractivity contribution in [1.82, 2.24) is 20.3 Å². The Kier molecular flexibility index (Phi) is 5.98. The maximum atomic E-state index is 13.7. The molecule has 3 aromatic heterocycles. The first kappa shape index (κ1) is 26.0. The predicted molar refractivity (Wildman–Crippen MR) is 155 cm³/mol. The second kappa shape index (κ2) is 9.18. The van der Waals surface area contributed by atoms with E-state index < -0.39 is 11.9 Å². The maximum absolute atomic E-state index is 13.7. The largest absolute Gasteiger partial charge is 0.515 e. The van der Waals surface area contributed by atoms with Gasteiger partial charge in [0.15, 0.2) is 5.78 Å². The molecule has 3 aliphatic rings. The molecule has 0 amide bonds. The number of carbonyl (C=O) groups is 2. The van der Waals surface area contributed by atoms with Crippen LogP contribution in [0.25, 0.3) is 30.1 Å². The molecule has 5 heterocycles. The smallest absolute Gasteiger partial charge is 0.318 e. The van der Waals surface area contributed by atoms with Gasteiger partial charge in [0.05, 0.1) is 23.0 Å². The van der Waals surface area contributed by atoms with Crippen molar-refractivity contribution in [3.05, 3.63) is 71.9 Å². The number of aliphatic hydroxyl groups is 1. The molecule has 0 spiro atoms. The summed E-state index contributed by atoms with van der Waals surface area (Å²) in [7, 11) is 0. The number of aromatic amines is 3. The third kappa shape index (κ3) is 3.51. The van der Waals surface area contributed by atoms with Crippen molar-refractivity contribution in [1.29, 1.82) is 0 Å². The number of fused-ring (bicyclic) bond motifs is 8. The topological polar surface area (TPSA) is 134 Å². The van der Waals surface area contributed by atoms with Gasteiger partial charge in [-0.05, 0) is 79.2 Å². The van der Waals surface area contributed by atoms with Crippen LogP contribution in [0.1, 0.15) is 76.9 Å². The van der Waals surface area contributed by atoms with E-state index in [1.165, 1.54) is 0 Å². The number of rotatable bonds is 3. The molecular formula is C32H36N4O4. The van der Waals surface area contributed by atoms with Crippen molar-refractivity contribution in [3.8, 4) is 0 Å². The van der Waals surface area contributed by atoms with Gasteiger partial charge in [0.2, 0.25) is 0 Å². The number of ketones is 1. The lowest BCUT2D eigenvalue weighted by Gasteiger charge is -2.23. The summed E-state index contributed by atoms with van der Waals surface area (Å²) in [5, 5.41) is 27.0. The number of Topliss-reactive ketones (excluding diaryl/α,β-unsaturated/α-hetero) is 1. The molecule has 8 heteroatoms. The van der Waals surface area contributed by atoms with Gasteiger partial charge in [-0.2, -0.15) is 0 Å². The van der Waals surface area contributed by atoms with Gasteiger partial charge in [0.25, 0.3) is 0 Å². The lowest BCUT2D eigenvalue weighted by Crippen LogP contribution is -2.37. The number of aliphatic carboxylic acids is 1. The number of hydrogen-bond acceptors (Lipinski definition) is 4. The maximum Gasteiger partial charge on any atom is 0.318 e. The van der Waals surface area contributed by atoms with Crippen LogP contribution in [0.2, 0.25) is 0 Å². The van der Waals surface area contributed by atoms with E-state index in [4.69, 9.17) is 0 Å². The molecule has 8 bridgehead atoms. The van der Waals surface area contributed by atoms with Gasteiger partial charge in [-0.25, -0.2) is 0 Å². The van der Waals surface area contributed by atoms with E-state index in [1.54, 1.807) is 0 Å². The molecule has 6 rings (SSSR count). The van der Waals surface area contributed by atoms with Crippen molar-refractivity contribution in [3.63, 3.8) is 0 Å². The molecule has 1 saturated heterocycles. The highest BCUT2D eigenvalue weighted by Crippen LogP contribution is 2.41. The van der Waals surface area contributed by atoms with E-state index in [1.807, 2.05) is 26.0 Å². The molecule has 208 valence electrons. The molecule has 2 aliphatic heterocycles. The van der Waals surface area contributed by atoms with Crippen LogP contribution in [0.15, 0.2) is 5.70 Å². The average Bonchev–Trinajstić information content (AvgIpc) is 3.66. The molecule has 40 heavy (non-hydrogen) atoms. The van der Waals surface area contributed by atoms with Crippen LogP contribution in [0, 0.1) is 38.5 Å². The summed E-state index contributed by atoms with van der Waals surface area (Å²) in [5.74, 6) is -2.45. The second-order valence-electron chi connectivity index (χ2n) is 11.4. The fourth-order valence-corrected chi connectivity index (χ4v) is 7.13. The van der Waals surface area contributed by atoms with E-state index in [9.17, 15) is 19.8 Å². The Hall–Kier alpha value is -4.20. The Balaban J connectivity index is 1.77. The molecule has 0 radical (unpaired) electrons. The lowest BCUT2D eigenvalue weighted by atomic mass is 9.81. The fraction of sp³-hybridized carbons (Fsp3) is 0.375. The van der Waals surface area contributed by atoms with Crippen LogP contribution in [0.3, 0.4) is 0 Å². The first-order valence-corrected chi connectivity index (χ1v) is 14.1. The van der Waals surface area contributed by atoms with Crippen LogP contribution in [-0.4, -0.2) is 43.0 Å². The highest BCUT2D eigenvalue weighted by Gasteiger charge is 2.48. The van der Waals surface area contributed by atoms with E-state index in [0.717, 1.165) is 73.6 Å². The van der Waals surface area contributed by atoms with Gasteiger partial charge < -0.3 is 30.5 Å². The standard InChI is InChI=1S/C32H36N4O4/c1-7-17-15(5)22-9-20-13(3)14(4)21(33-20)10-25-19(12-37)18(8-2)24(34-25)11-23-16(6)26-30(36-23)27(29(17)35-22)28(31(26)38)32(39)40/h9-12,15,17,28-29,33-37H,7-8H2,1-6H3,(H,39,40)/b19-12-,22-9-,23-11-,25-10-/t15-,17-,28+,29?/m0/s1. The van der Waals surface area contributed by atoms with E-state index in [2.05, 4.69) is 54.0 Å². The zero-order valence-electron chi connectivity index (χ0n) is 23.7. The Morgan fingerprint density at radius 2 is 1.62 bits per heavy atom. The van der Waals surface area contributed by atoms with Crippen molar-refractivity contribution >= 4 is 41.8 Å². The van der Waals surface area contributed by atoms with Gasteiger partial charge in [-0.15, -0.1) is 0 Å². The van der Waals surface area contributed by atoms with Gasteiger partial charge in [0, 0.05) is 44.8 Å².